The summed E-state index contributed by atoms with van der Waals surface area (Å²) in [5.41, 5.74) is -1.26. The van der Waals surface area contributed by atoms with E-state index in [9.17, 15) is 14.8 Å². The van der Waals surface area contributed by atoms with Gasteiger partial charge in [0.25, 0.3) is 0 Å². The molecule has 2 bridgehead atoms. The van der Waals surface area contributed by atoms with E-state index in [2.05, 4.69) is 6.07 Å². The Morgan fingerprint density at radius 2 is 2.04 bits per heavy atom. The zero-order chi connectivity index (χ0) is 18.2. The molecule has 1 N–H and O–H groups in total. The first-order valence-electron chi connectivity index (χ1n) is 8.96. The lowest BCUT2D eigenvalue weighted by Crippen LogP contribution is -2.48. The van der Waals surface area contributed by atoms with Crippen LogP contribution in [0.15, 0.2) is 18.2 Å². The van der Waals surface area contributed by atoms with Crippen molar-refractivity contribution in [3.63, 3.8) is 0 Å². The lowest BCUT2D eigenvalue weighted by atomic mass is 9.64. The molecule has 2 fully saturated rings. The first-order chi connectivity index (χ1) is 11.8. The molecule has 0 spiro atoms. The molecule has 2 aliphatic rings. The average molecular weight is 346 g/mol. The number of hydrogen-bond donors (Lipinski definition) is 1. The van der Waals surface area contributed by atoms with Gasteiger partial charge in [-0.3, -0.25) is 0 Å². The summed E-state index contributed by atoms with van der Waals surface area (Å²) >= 11 is 0. The average Bonchev–Trinajstić information content (AvgIpc) is 2.96. The Bertz CT molecular complexity index is 687. The molecule has 1 aromatic rings. The van der Waals surface area contributed by atoms with Crippen LogP contribution in [0.4, 0.5) is 4.39 Å². The van der Waals surface area contributed by atoms with Gasteiger partial charge < -0.3 is 14.7 Å². The Balaban J connectivity index is 2.13. The Hall–Kier alpha value is -1.64. The van der Waals surface area contributed by atoms with Gasteiger partial charge in [-0.2, -0.15) is 5.26 Å². The minimum absolute atomic E-state index is 0.265. The third-order valence-electron chi connectivity index (χ3n) is 6.21. The number of benzene rings is 1. The molecule has 0 aromatic heterocycles. The van der Waals surface area contributed by atoms with Crippen molar-refractivity contribution in [3.05, 3.63) is 29.6 Å². The zero-order valence-electron chi connectivity index (χ0n) is 15.3. The Labute approximate surface area is 149 Å². The fraction of sp³-hybridized carbons (Fsp3) is 0.650. The van der Waals surface area contributed by atoms with Gasteiger partial charge in [-0.05, 0) is 69.8 Å². The third kappa shape index (κ3) is 3.14. The van der Waals surface area contributed by atoms with Crippen LogP contribution in [0.1, 0.15) is 37.7 Å². The van der Waals surface area contributed by atoms with Crippen LogP contribution in [-0.4, -0.2) is 37.8 Å². The highest BCUT2D eigenvalue weighted by atomic mass is 19.1. The zero-order valence-corrected chi connectivity index (χ0v) is 15.3. The number of methoxy groups -OCH3 is 1. The van der Waals surface area contributed by atoms with Gasteiger partial charge in [-0.15, -0.1) is 0 Å². The maximum atomic E-state index is 14.1. The summed E-state index contributed by atoms with van der Waals surface area (Å²) in [7, 11) is 5.40. The largest absolute Gasteiger partial charge is 0.497 e. The molecule has 0 amide bonds. The van der Waals surface area contributed by atoms with Crippen LogP contribution in [0.5, 0.6) is 5.75 Å². The van der Waals surface area contributed by atoms with Gasteiger partial charge in [-0.1, -0.05) is 0 Å². The maximum absolute atomic E-state index is 14.1. The van der Waals surface area contributed by atoms with Gasteiger partial charge in [0.1, 0.15) is 11.6 Å². The van der Waals surface area contributed by atoms with Gasteiger partial charge in [0, 0.05) is 18.5 Å². The lowest BCUT2D eigenvalue weighted by Gasteiger charge is -2.44. The van der Waals surface area contributed by atoms with Crippen LogP contribution in [0.2, 0.25) is 0 Å². The van der Waals surface area contributed by atoms with Crippen LogP contribution in [-0.2, 0) is 5.60 Å². The minimum atomic E-state index is -1.23. The van der Waals surface area contributed by atoms with Crippen LogP contribution in [0.25, 0.3) is 0 Å². The van der Waals surface area contributed by atoms with E-state index >= 15 is 0 Å². The van der Waals surface area contributed by atoms with Gasteiger partial charge in [0.05, 0.1) is 24.2 Å². The summed E-state index contributed by atoms with van der Waals surface area (Å²) in [5.74, 6) is 0.173. The van der Waals surface area contributed by atoms with Crippen molar-refractivity contribution in [1.82, 2.24) is 4.90 Å². The highest BCUT2D eigenvalue weighted by molar-refractivity contribution is 5.35. The molecule has 25 heavy (non-hydrogen) atoms. The quantitative estimate of drug-likeness (QED) is 0.909. The molecule has 2 saturated carbocycles. The second-order valence-electron chi connectivity index (χ2n) is 8.03. The van der Waals surface area contributed by atoms with Crippen molar-refractivity contribution in [2.45, 2.75) is 37.7 Å². The summed E-state index contributed by atoms with van der Waals surface area (Å²) in [6.07, 6.45) is 4.09. The van der Waals surface area contributed by atoms with E-state index in [-0.39, 0.29) is 5.92 Å². The van der Waals surface area contributed by atoms with Gasteiger partial charge in [0.2, 0.25) is 0 Å². The smallest absolute Gasteiger partial charge is 0.127 e. The van der Waals surface area contributed by atoms with Crippen LogP contribution in [0.3, 0.4) is 0 Å². The predicted molar refractivity (Wildman–Crippen MR) is 93.5 cm³/mol. The monoisotopic (exact) mass is 346 g/mol. The van der Waals surface area contributed by atoms with Gasteiger partial charge >= 0.3 is 0 Å². The summed E-state index contributed by atoms with van der Waals surface area (Å²) < 4.78 is 19.3. The molecule has 4 atom stereocenters. The predicted octanol–water partition coefficient (Wildman–Crippen LogP) is 3.30. The number of rotatable bonds is 4. The van der Waals surface area contributed by atoms with Crippen molar-refractivity contribution < 1.29 is 14.2 Å². The van der Waals surface area contributed by atoms with E-state index < -0.39 is 16.8 Å². The number of nitrogens with zero attached hydrogens (tertiary/aromatic N) is 2. The van der Waals surface area contributed by atoms with Crippen LogP contribution in [0, 0.1) is 34.4 Å². The topological polar surface area (TPSA) is 56.5 Å². The number of hydrogen-bond acceptors (Lipinski definition) is 4. The van der Waals surface area contributed by atoms with E-state index in [0.29, 0.717) is 30.2 Å². The van der Waals surface area contributed by atoms with Crippen molar-refractivity contribution in [2.24, 2.45) is 17.3 Å². The molecule has 1 aromatic carbocycles. The molecule has 1 unspecified atom stereocenters. The van der Waals surface area contributed by atoms with Crippen molar-refractivity contribution in [3.8, 4) is 11.8 Å². The fourth-order valence-electron chi connectivity index (χ4n) is 4.95. The molecule has 4 nitrogen and oxygen atoms in total. The molecule has 136 valence electrons. The summed E-state index contributed by atoms with van der Waals surface area (Å²) in [5, 5.41) is 21.8. The molecule has 0 heterocycles. The number of nitriles is 1. The van der Waals surface area contributed by atoms with E-state index in [4.69, 9.17) is 4.74 Å². The van der Waals surface area contributed by atoms with E-state index in [1.54, 1.807) is 6.07 Å². The molecule has 0 radical (unpaired) electrons. The number of halogens is 1. The molecular formula is C20H27FN2O2. The van der Waals surface area contributed by atoms with Gasteiger partial charge in [0.15, 0.2) is 0 Å². The molecular weight excluding hydrogens is 319 g/mol. The van der Waals surface area contributed by atoms with Crippen LogP contribution >= 0.6 is 0 Å². The fourth-order valence-corrected chi connectivity index (χ4v) is 4.95. The van der Waals surface area contributed by atoms with E-state index in [0.717, 1.165) is 25.7 Å². The van der Waals surface area contributed by atoms with Gasteiger partial charge in [-0.25, -0.2) is 4.39 Å². The number of aliphatic hydroxyl groups is 1. The van der Waals surface area contributed by atoms with Crippen molar-refractivity contribution in [1.29, 1.82) is 5.26 Å². The number of ether oxygens (including phenoxy) is 1. The maximum Gasteiger partial charge on any atom is 0.127 e. The Morgan fingerprint density at radius 1 is 1.32 bits per heavy atom. The third-order valence-corrected chi connectivity index (χ3v) is 6.21. The summed E-state index contributed by atoms with van der Waals surface area (Å²) in [4.78, 5) is 2.02. The SMILES string of the molecule is COc1cc(F)cc([C@@]2(O)CCC3CC[C@](C#N)(C3)[C@@H]2CN(C)C)c1. The second kappa shape index (κ2) is 6.59. The van der Waals surface area contributed by atoms with E-state index in [1.807, 2.05) is 19.0 Å². The highest BCUT2D eigenvalue weighted by Crippen LogP contribution is 2.58. The van der Waals surface area contributed by atoms with Crippen molar-refractivity contribution >= 4 is 0 Å². The molecule has 0 aliphatic heterocycles. The summed E-state index contributed by atoms with van der Waals surface area (Å²) in [6.45, 7) is 0.593. The standard InChI is InChI=1S/C20H27FN2O2/c1-23(2)12-18-19(13-22)6-4-14(11-19)5-7-20(18,24)15-8-16(21)10-17(9-15)25-3/h8-10,14,18,24H,4-7,11-12H2,1-3H3/t14?,18-,19+,20-/m0/s1. The number of fused-ring (bicyclic) bond motifs is 2. The van der Waals surface area contributed by atoms with E-state index in [1.165, 1.54) is 19.2 Å². The molecule has 5 heteroatoms. The summed E-state index contributed by atoms with van der Waals surface area (Å²) in [6, 6.07) is 6.99. The Kier molecular flexibility index (Phi) is 4.78. The Morgan fingerprint density at radius 3 is 2.68 bits per heavy atom. The first kappa shape index (κ1) is 18.2. The second-order valence-corrected chi connectivity index (χ2v) is 8.03. The molecule has 2 aliphatic carbocycles. The minimum Gasteiger partial charge on any atom is -0.497 e. The lowest BCUT2D eigenvalue weighted by molar-refractivity contribution is -0.0766. The van der Waals surface area contributed by atoms with Crippen molar-refractivity contribution in [2.75, 3.05) is 27.7 Å². The van der Waals surface area contributed by atoms with Crippen LogP contribution < -0.4 is 4.74 Å². The normalized spacial score (nSPS) is 34.6. The highest BCUT2D eigenvalue weighted by Gasteiger charge is 2.57. The molecule has 0 saturated heterocycles. The first-order valence-corrected chi connectivity index (χ1v) is 8.96. The molecule has 3 rings (SSSR count).